The molecule has 1 aromatic carbocycles. The maximum atomic E-state index is 12.3. The van der Waals surface area contributed by atoms with E-state index in [1.165, 1.54) is 0 Å². The number of nitrogens with one attached hydrogen (secondary N) is 1. The van der Waals surface area contributed by atoms with Crippen LogP contribution in [0.2, 0.25) is 0 Å². The summed E-state index contributed by atoms with van der Waals surface area (Å²) in [5.41, 5.74) is 6.24. The largest absolute Gasteiger partial charge is 0.394 e. The van der Waals surface area contributed by atoms with Crippen LogP contribution in [0.3, 0.4) is 0 Å². The molecule has 0 aliphatic carbocycles. The average Bonchev–Trinajstić information content (AvgIpc) is 2.49. The van der Waals surface area contributed by atoms with Crippen molar-refractivity contribution in [3.8, 4) is 0 Å². The molecule has 124 valence electrons. The highest BCUT2D eigenvalue weighted by molar-refractivity contribution is 7.88. The molecule has 1 fully saturated rings. The zero-order valence-corrected chi connectivity index (χ0v) is 13.3. The highest BCUT2D eigenvalue weighted by Gasteiger charge is 2.33. The predicted octanol–water partition coefficient (Wildman–Crippen LogP) is 0.363. The third-order valence-electron chi connectivity index (χ3n) is 3.81. The second-order valence-electron chi connectivity index (χ2n) is 5.60. The molecule has 0 unspecified atom stereocenters. The molecule has 0 radical (unpaired) electrons. The summed E-state index contributed by atoms with van der Waals surface area (Å²) in [5, 5.41) is 9.44. The van der Waals surface area contributed by atoms with Gasteiger partial charge in [-0.05, 0) is 31.4 Å². The van der Waals surface area contributed by atoms with Gasteiger partial charge >= 0.3 is 0 Å². The van der Waals surface area contributed by atoms with Crippen LogP contribution >= 0.6 is 0 Å². The first kappa shape index (κ1) is 17.4. The van der Waals surface area contributed by atoms with Crippen LogP contribution in [0.5, 0.6) is 0 Å². The van der Waals surface area contributed by atoms with Gasteiger partial charge in [0, 0.05) is 0 Å². The Balaban J connectivity index is 1.96. The predicted molar refractivity (Wildman–Crippen MR) is 84.6 cm³/mol. The van der Waals surface area contributed by atoms with Gasteiger partial charge in [-0.2, -0.15) is 0 Å². The van der Waals surface area contributed by atoms with Gasteiger partial charge in [0.1, 0.15) is 0 Å². The molecule has 0 aromatic heterocycles. The summed E-state index contributed by atoms with van der Waals surface area (Å²) < 4.78 is 32.9. The van der Waals surface area contributed by atoms with Gasteiger partial charge in [0.05, 0.1) is 30.6 Å². The molecular weight excluding hydrogens is 304 g/mol. The number of hydrogen-bond donors (Lipinski definition) is 3. The van der Waals surface area contributed by atoms with Gasteiger partial charge in [-0.3, -0.25) is 0 Å². The van der Waals surface area contributed by atoms with Crippen LogP contribution in [0.25, 0.3) is 0 Å². The minimum atomic E-state index is -3.47. The molecule has 4 N–H and O–H groups in total. The van der Waals surface area contributed by atoms with Crippen LogP contribution in [0.15, 0.2) is 30.3 Å². The Hall–Kier alpha value is -0.990. The molecule has 2 rings (SSSR count). The van der Waals surface area contributed by atoms with Crippen molar-refractivity contribution in [2.24, 2.45) is 5.73 Å². The summed E-state index contributed by atoms with van der Waals surface area (Å²) in [5.74, 6) is -0.0747. The van der Waals surface area contributed by atoms with E-state index < -0.39 is 22.2 Å². The smallest absolute Gasteiger partial charge is 0.216 e. The molecule has 3 atom stereocenters. The van der Waals surface area contributed by atoms with E-state index >= 15 is 0 Å². The van der Waals surface area contributed by atoms with Gasteiger partial charge in [0.2, 0.25) is 10.0 Å². The molecular formula is C15H24N2O4S. The third kappa shape index (κ3) is 5.03. The number of aliphatic hydroxyl groups is 1. The van der Waals surface area contributed by atoms with Crippen molar-refractivity contribution in [2.75, 3.05) is 13.2 Å². The summed E-state index contributed by atoms with van der Waals surface area (Å²) in [6.45, 7) is 0.312. The first-order valence-corrected chi connectivity index (χ1v) is 9.19. The molecule has 1 heterocycles. The quantitative estimate of drug-likeness (QED) is 0.671. The number of nitrogens with two attached hydrogens (primary N) is 1. The topological polar surface area (TPSA) is 102 Å². The maximum Gasteiger partial charge on any atom is 0.216 e. The molecule has 0 amide bonds. The second-order valence-corrected chi connectivity index (χ2v) is 7.36. The van der Waals surface area contributed by atoms with Crippen LogP contribution in [-0.2, 0) is 20.5 Å². The van der Waals surface area contributed by atoms with Crippen molar-refractivity contribution in [3.05, 3.63) is 35.9 Å². The Kier molecular flexibility index (Phi) is 6.34. The minimum Gasteiger partial charge on any atom is -0.394 e. The Morgan fingerprint density at radius 2 is 2.00 bits per heavy atom. The van der Waals surface area contributed by atoms with Gasteiger partial charge < -0.3 is 15.6 Å². The zero-order valence-electron chi connectivity index (χ0n) is 12.5. The van der Waals surface area contributed by atoms with E-state index in [2.05, 4.69) is 4.72 Å². The highest BCUT2D eigenvalue weighted by atomic mass is 32.2. The Bertz CT molecular complexity index is 550. The SMILES string of the molecule is NCC[C@@H]1CC[C@H](NS(=O)(=O)Cc2ccccc2)[C@H](CO)O1. The molecule has 1 aliphatic heterocycles. The van der Waals surface area contributed by atoms with Crippen LogP contribution in [-0.4, -0.2) is 44.9 Å². The van der Waals surface area contributed by atoms with Gasteiger partial charge in [0.25, 0.3) is 0 Å². The Morgan fingerprint density at radius 3 is 2.64 bits per heavy atom. The van der Waals surface area contributed by atoms with E-state index in [1.807, 2.05) is 18.2 Å². The lowest BCUT2D eigenvalue weighted by molar-refractivity contribution is -0.0867. The van der Waals surface area contributed by atoms with Crippen molar-refractivity contribution in [1.29, 1.82) is 0 Å². The lowest BCUT2D eigenvalue weighted by Gasteiger charge is -2.35. The zero-order chi connectivity index (χ0) is 16.0. The number of ether oxygens (including phenoxy) is 1. The molecule has 0 spiro atoms. The third-order valence-corrected chi connectivity index (χ3v) is 5.19. The lowest BCUT2D eigenvalue weighted by atomic mass is 9.98. The number of sulfonamides is 1. The van der Waals surface area contributed by atoms with Crippen LogP contribution in [0.4, 0.5) is 0 Å². The summed E-state index contributed by atoms with van der Waals surface area (Å²) in [6.07, 6.45) is 1.59. The van der Waals surface area contributed by atoms with Gasteiger partial charge in [0.15, 0.2) is 0 Å². The summed E-state index contributed by atoms with van der Waals surface area (Å²) >= 11 is 0. The molecule has 6 nitrogen and oxygen atoms in total. The minimum absolute atomic E-state index is 0.00275. The second kappa shape index (κ2) is 8.03. The molecule has 1 saturated heterocycles. The van der Waals surface area contributed by atoms with E-state index in [1.54, 1.807) is 12.1 Å². The first-order chi connectivity index (χ1) is 10.5. The van der Waals surface area contributed by atoms with E-state index in [4.69, 9.17) is 10.5 Å². The average molecular weight is 328 g/mol. The van der Waals surface area contributed by atoms with E-state index in [0.717, 1.165) is 18.4 Å². The van der Waals surface area contributed by atoms with Gasteiger partial charge in [-0.15, -0.1) is 0 Å². The van der Waals surface area contributed by atoms with E-state index in [0.29, 0.717) is 13.0 Å². The monoisotopic (exact) mass is 328 g/mol. The fourth-order valence-electron chi connectivity index (χ4n) is 2.73. The summed E-state index contributed by atoms with van der Waals surface area (Å²) in [4.78, 5) is 0. The number of aliphatic hydroxyl groups excluding tert-OH is 1. The van der Waals surface area contributed by atoms with Crippen LogP contribution < -0.4 is 10.5 Å². The fraction of sp³-hybridized carbons (Fsp3) is 0.600. The maximum absolute atomic E-state index is 12.3. The van der Waals surface area contributed by atoms with Crippen LogP contribution in [0.1, 0.15) is 24.8 Å². The summed E-state index contributed by atoms with van der Waals surface area (Å²) in [7, 11) is -3.47. The van der Waals surface area contributed by atoms with E-state index in [-0.39, 0.29) is 18.5 Å². The van der Waals surface area contributed by atoms with E-state index in [9.17, 15) is 13.5 Å². The van der Waals surface area contributed by atoms with Crippen molar-refractivity contribution >= 4 is 10.0 Å². The fourth-order valence-corrected chi connectivity index (χ4v) is 4.18. The van der Waals surface area contributed by atoms with Crippen molar-refractivity contribution < 1.29 is 18.3 Å². The van der Waals surface area contributed by atoms with Gasteiger partial charge in [-0.1, -0.05) is 30.3 Å². The summed E-state index contributed by atoms with van der Waals surface area (Å²) in [6, 6.07) is 8.62. The molecule has 1 aromatic rings. The molecule has 0 bridgehead atoms. The Morgan fingerprint density at radius 1 is 1.27 bits per heavy atom. The first-order valence-electron chi connectivity index (χ1n) is 7.54. The standard InChI is InChI=1S/C15H24N2O4S/c16-9-8-13-6-7-14(15(10-18)21-13)17-22(19,20)11-12-4-2-1-3-5-12/h1-5,13-15,17-18H,6-11,16H2/t13-,14-,15-/m0/s1. The molecule has 7 heteroatoms. The number of benzene rings is 1. The van der Waals surface area contributed by atoms with Gasteiger partial charge in [-0.25, -0.2) is 13.1 Å². The van der Waals surface area contributed by atoms with Crippen molar-refractivity contribution in [2.45, 2.75) is 43.3 Å². The Labute approximate surface area is 131 Å². The van der Waals surface area contributed by atoms with Crippen molar-refractivity contribution in [3.63, 3.8) is 0 Å². The lowest BCUT2D eigenvalue weighted by Crippen LogP contribution is -2.51. The van der Waals surface area contributed by atoms with Crippen LogP contribution in [0, 0.1) is 0 Å². The molecule has 22 heavy (non-hydrogen) atoms. The number of rotatable bonds is 7. The molecule has 1 aliphatic rings. The highest BCUT2D eigenvalue weighted by Crippen LogP contribution is 2.22. The normalized spacial score (nSPS) is 26.0. The number of hydrogen-bond acceptors (Lipinski definition) is 5. The molecule has 0 saturated carbocycles. The van der Waals surface area contributed by atoms with Crippen molar-refractivity contribution in [1.82, 2.24) is 4.72 Å².